The normalized spacial score (nSPS) is 11.0. The molecule has 24 heavy (non-hydrogen) atoms. The van der Waals surface area contributed by atoms with Crippen molar-refractivity contribution in [3.05, 3.63) is 66.4 Å². The van der Waals surface area contributed by atoms with Crippen LogP contribution >= 0.6 is 11.8 Å². The molecule has 1 aromatic carbocycles. The zero-order chi connectivity index (χ0) is 16.2. The van der Waals surface area contributed by atoms with Gasteiger partial charge in [0.05, 0.1) is 12.0 Å². The molecule has 0 unspecified atom stereocenters. The number of hydrogen-bond acceptors (Lipinski definition) is 7. The number of tetrazole rings is 1. The van der Waals surface area contributed by atoms with E-state index in [-0.39, 0.29) is 0 Å². The smallest absolute Gasteiger partial charge is 0.226 e. The molecular weight excluding hydrogens is 326 g/mol. The number of hydrogen-bond donors (Lipinski definition) is 0. The lowest BCUT2D eigenvalue weighted by molar-refractivity contribution is 0.462. The minimum atomic E-state index is 0.496. The van der Waals surface area contributed by atoms with Crippen molar-refractivity contribution in [3.63, 3.8) is 0 Å². The summed E-state index contributed by atoms with van der Waals surface area (Å²) >= 11 is 1.50. The first-order valence-corrected chi connectivity index (χ1v) is 8.28. The van der Waals surface area contributed by atoms with Gasteiger partial charge in [0, 0.05) is 11.3 Å². The largest absolute Gasteiger partial charge is 0.467 e. The fourth-order valence-corrected chi connectivity index (χ4v) is 2.93. The summed E-state index contributed by atoms with van der Waals surface area (Å²) in [7, 11) is 0. The maximum Gasteiger partial charge on any atom is 0.226 e. The van der Waals surface area contributed by atoms with E-state index in [1.807, 2.05) is 42.5 Å². The third kappa shape index (κ3) is 3.23. The Balaban J connectivity index is 1.43. The summed E-state index contributed by atoms with van der Waals surface area (Å²) in [6, 6.07) is 13.5. The zero-order valence-corrected chi connectivity index (χ0v) is 13.4. The third-order valence-electron chi connectivity index (χ3n) is 3.31. The summed E-state index contributed by atoms with van der Waals surface area (Å²) in [5, 5.41) is 12.5. The number of furan rings is 1. The van der Waals surface area contributed by atoms with Crippen LogP contribution in [0.15, 0.2) is 69.0 Å². The maximum atomic E-state index is 5.54. The lowest BCUT2D eigenvalue weighted by Crippen LogP contribution is -2.03. The quantitative estimate of drug-likeness (QED) is 0.499. The molecule has 0 aliphatic carbocycles. The molecular formula is C16H13N5O2S. The van der Waals surface area contributed by atoms with Gasteiger partial charge in [-0.15, -0.1) is 5.10 Å². The molecule has 3 aromatic heterocycles. The number of oxazole rings is 1. The zero-order valence-electron chi connectivity index (χ0n) is 12.6. The van der Waals surface area contributed by atoms with E-state index < -0.39 is 0 Å². The van der Waals surface area contributed by atoms with E-state index in [0.29, 0.717) is 23.3 Å². The van der Waals surface area contributed by atoms with E-state index in [2.05, 4.69) is 20.5 Å². The standard InChI is InChI=1S/C16H13N5O2S/c1-2-5-12(6-3-1)15-17-13(10-23-15)11-24-16-18-19-20-21(16)9-14-7-4-8-22-14/h1-8,10H,9,11H2. The minimum Gasteiger partial charge on any atom is -0.467 e. The van der Waals surface area contributed by atoms with Crippen molar-refractivity contribution in [2.45, 2.75) is 17.5 Å². The summed E-state index contributed by atoms with van der Waals surface area (Å²) < 4.78 is 12.6. The summed E-state index contributed by atoms with van der Waals surface area (Å²) in [6.07, 6.45) is 3.29. The van der Waals surface area contributed by atoms with Gasteiger partial charge < -0.3 is 8.83 Å². The molecule has 120 valence electrons. The highest BCUT2D eigenvalue weighted by molar-refractivity contribution is 7.98. The van der Waals surface area contributed by atoms with Gasteiger partial charge in [0.15, 0.2) is 0 Å². The molecule has 8 heteroatoms. The van der Waals surface area contributed by atoms with E-state index >= 15 is 0 Å². The summed E-state index contributed by atoms with van der Waals surface area (Å²) in [4.78, 5) is 4.50. The summed E-state index contributed by atoms with van der Waals surface area (Å²) in [5.74, 6) is 2.04. The Morgan fingerprint density at radius 2 is 1.96 bits per heavy atom. The average Bonchev–Trinajstić information content (AvgIpc) is 3.37. The Morgan fingerprint density at radius 1 is 1.04 bits per heavy atom. The van der Waals surface area contributed by atoms with Gasteiger partial charge in [-0.2, -0.15) is 0 Å². The second-order valence-corrected chi connectivity index (χ2v) is 5.94. The lowest BCUT2D eigenvalue weighted by Gasteiger charge is -2.00. The highest BCUT2D eigenvalue weighted by Crippen LogP contribution is 2.23. The van der Waals surface area contributed by atoms with Crippen LogP contribution in [-0.4, -0.2) is 25.2 Å². The van der Waals surface area contributed by atoms with Crippen LogP contribution in [0.2, 0.25) is 0 Å². The first-order chi connectivity index (χ1) is 11.9. The molecule has 0 aliphatic heterocycles. The Bertz CT molecular complexity index is 902. The van der Waals surface area contributed by atoms with Crippen molar-refractivity contribution in [1.82, 2.24) is 25.2 Å². The van der Waals surface area contributed by atoms with E-state index in [9.17, 15) is 0 Å². The highest BCUT2D eigenvalue weighted by atomic mass is 32.2. The van der Waals surface area contributed by atoms with Crippen molar-refractivity contribution in [2.75, 3.05) is 0 Å². The summed E-state index contributed by atoms with van der Waals surface area (Å²) in [6.45, 7) is 0.496. The molecule has 0 fully saturated rings. The fraction of sp³-hybridized carbons (Fsp3) is 0.125. The van der Waals surface area contributed by atoms with Crippen LogP contribution in [0.1, 0.15) is 11.5 Å². The predicted molar refractivity (Wildman–Crippen MR) is 87.1 cm³/mol. The molecule has 7 nitrogen and oxygen atoms in total. The van der Waals surface area contributed by atoms with Gasteiger partial charge >= 0.3 is 0 Å². The monoisotopic (exact) mass is 339 g/mol. The number of aromatic nitrogens is 5. The van der Waals surface area contributed by atoms with Crippen molar-refractivity contribution in [1.29, 1.82) is 0 Å². The number of thioether (sulfide) groups is 1. The fourth-order valence-electron chi connectivity index (χ4n) is 2.17. The van der Waals surface area contributed by atoms with Crippen LogP contribution in [0.4, 0.5) is 0 Å². The Kier molecular flexibility index (Phi) is 4.11. The van der Waals surface area contributed by atoms with E-state index in [4.69, 9.17) is 8.83 Å². The second kappa shape index (κ2) is 6.71. The SMILES string of the molecule is c1ccc(-c2nc(CSc3nnnn3Cc3ccco3)co2)cc1. The Labute approximate surface area is 141 Å². The molecule has 0 spiro atoms. The van der Waals surface area contributed by atoms with Crippen LogP contribution in [0, 0.1) is 0 Å². The van der Waals surface area contributed by atoms with Gasteiger partial charge in [-0.1, -0.05) is 30.0 Å². The number of benzene rings is 1. The van der Waals surface area contributed by atoms with Gasteiger partial charge in [-0.25, -0.2) is 9.67 Å². The van der Waals surface area contributed by atoms with Crippen LogP contribution in [-0.2, 0) is 12.3 Å². The molecule has 4 rings (SSSR count). The number of rotatable bonds is 6. The van der Waals surface area contributed by atoms with Gasteiger partial charge in [0.2, 0.25) is 11.0 Å². The lowest BCUT2D eigenvalue weighted by atomic mass is 10.2. The molecule has 0 bridgehead atoms. The van der Waals surface area contributed by atoms with Gasteiger partial charge in [0.1, 0.15) is 18.6 Å². The van der Waals surface area contributed by atoms with Gasteiger partial charge in [0.25, 0.3) is 0 Å². The second-order valence-electron chi connectivity index (χ2n) is 5.00. The minimum absolute atomic E-state index is 0.496. The van der Waals surface area contributed by atoms with Crippen LogP contribution in [0.25, 0.3) is 11.5 Å². The molecule has 0 saturated carbocycles. The molecule has 0 amide bonds. The Hall–Kier alpha value is -2.87. The molecule has 0 atom stereocenters. The molecule has 0 N–H and O–H groups in total. The first kappa shape index (κ1) is 14.7. The number of nitrogens with zero attached hydrogens (tertiary/aromatic N) is 5. The summed E-state index contributed by atoms with van der Waals surface area (Å²) in [5.41, 5.74) is 1.79. The third-order valence-corrected chi connectivity index (χ3v) is 4.30. The molecule has 0 saturated heterocycles. The van der Waals surface area contributed by atoms with Crippen LogP contribution in [0.3, 0.4) is 0 Å². The first-order valence-electron chi connectivity index (χ1n) is 7.29. The van der Waals surface area contributed by atoms with Gasteiger partial charge in [-0.3, -0.25) is 0 Å². The Morgan fingerprint density at radius 3 is 2.79 bits per heavy atom. The average molecular weight is 339 g/mol. The van der Waals surface area contributed by atoms with Crippen molar-refractivity contribution >= 4 is 11.8 Å². The van der Waals surface area contributed by atoms with Gasteiger partial charge in [-0.05, 0) is 34.7 Å². The topological polar surface area (TPSA) is 82.8 Å². The molecule has 0 aliphatic rings. The molecule has 0 radical (unpaired) electrons. The van der Waals surface area contributed by atoms with E-state index in [1.165, 1.54) is 11.8 Å². The van der Waals surface area contributed by atoms with E-state index in [1.54, 1.807) is 17.2 Å². The van der Waals surface area contributed by atoms with E-state index in [0.717, 1.165) is 17.0 Å². The van der Waals surface area contributed by atoms with Crippen molar-refractivity contribution in [3.8, 4) is 11.5 Å². The maximum absolute atomic E-state index is 5.54. The highest BCUT2D eigenvalue weighted by Gasteiger charge is 2.11. The van der Waals surface area contributed by atoms with Crippen LogP contribution in [0.5, 0.6) is 0 Å². The van der Waals surface area contributed by atoms with Crippen LogP contribution < -0.4 is 0 Å². The van der Waals surface area contributed by atoms with Crippen molar-refractivity contribution < 1.29 is 8.83 Å². The molecule has 3 heterocycles. The van der Waals surface area contributed by atoms with Crippen molar-refractivity contribution in [2.24, 2.45) is 0 Å². The molecule has 4 aromatic rings. The predicted octanol–water partition coefficient (Wildman–Crippen LogP) is 3.26.